The van der Waals surface area contributed by atoms with E-state index in [0.29, 0.717) is 6.54 Å². The minimum Gasteiger partial charge on any atom is -0.357 e. The van der Waals surface area contributed by atoms with Gasteiger partial charge in [0.1, 0.15) is 0 Å². The third kappa shape index (κ3) is 5.47. The molecular formula is C24H32N6. The molecule has 0 spiro atoms. The Labute approximate surface area is 179 Å². The van der Waals surface area contributed by atoms with Crippen LogP contribution >= 0.6 is 0 Å². The van der Waals surface area contributed by atoms with E-state index in [9.17, 15) is 0 Å². The summed E-state index contributed by atoms with van der Waals surface area (Å²) in [5, 5.41) is 11.3. The first-order valence-electron chi connectivity index (χ1n) is 10.5. The van der Waals surface area contributed by atoms with E-state index >= 15 is 0 Å². The number of aryl methyl sites for hydroxylation is 2. The summed E-state index contributed by atoms with van der Waals surface area (Å²) in [5.41, 5.74) is 4.42. The Morgan fingerprint density at radius 2 is 1.83 bits per heavy atom. The SMILES string of the molecule is CCNC(=NCc1ccc(-n2nc(C)cc2C)nc1)NCC(C)(C)c1ccccc1. The molecule has 0 aliphatic rings. The van der Waals surface area contributed by atoms with Crippen LogP contribution in [-0.4, -0.2) is 33.8 Å². The molecule has 2 aromatic heterocycles. The molecule has 1 aromatic carbocycles. The fraction of sp³-hybridized carbons (Fsp3) is 0.375. The molecule has 0 unspecified atom stereocenters. The van der Waals surface area contributed by atoms with Crippen molar-refractivity contribution >= 4 is 5.96 Å². The zero-order valence-electron chi connectivity index (χ0n) is 18.6. The Kier molecular flexibility index (Phi) is 6.87. The third-order valence-electron chi connectivity index (χ3n) is 5.05. The third-order valence-corrected chi connectivity index (χ3v) is 5.05. The van der Waals surface area contributed by atoms with Crippen molar-refractivity contribution in [2.24, 2.45) is 4.99 Å². The molecule has 0 aliphatic heterocycles. The van der Waals surface area contributed by atoms with Crippen molar-refractivity contribution in [3.05, 3.63) is 77.2 Å². The maximum Gasteiger partial charge on any atom is 0.191 e. The van der Waals surface area contributed by atoms with Crippen LogP contribution < -0.4 is 10.6 Å². The molecule has 2 N–H and O–H groups in total. The molecule has 30 heavy (non-hydrogen) atoms. The van der Waals surface area contributed by atoms with Crippen molar-refractivity contribution in [3.63, 3.8) is 0 Å². The van der Waals surface area contributed by atoms with E-state index < -0.39 is 0 Å². The lowest BCUT2D eigenvalue weighted by Gasteiger charge is -2.26. The van der Waals surface area contributed by atoms with Crippen LogP contribution in [0, 0.1) is 13.8 Å². The first kappa shape index (κ1) is 21.6. The molecule has 0 aliphatic carbocycles. The predicted octanol–water partition coefficient (Wildman–Crippen LogP) is 3.92. The van der Waals surface area contributed by atoms with E-state index in [1.54, 1.807) is 0 Å². The molecule has 0 bridgehead atoms. The first-order valence-corrected chi connectivity index (χ1v) is 10.5. The van der Waals surface area contributed by atoms with Crippen molar-refractivity contribution in [1.82, 2.24) is 25.4 Å². The lowest BCUT2D eigenvalue weighted by atomic mass is 9.85. The van der Waals surface area contributed by atoms with Gasteiger partial charge in [-0.2, -0.15) is 5.10 Å². The molecule has 0 radical (unpaired) electrons. The van der Waals surface area contributed by atoms with Crippen LogP contribution in [0.1, 0.15) is 43.3 Å². The second-order valence-electron chi connectivity index (χ2n) is 8.16. The molecule has 3 aromatic rings. The van der Waals surface area contributed by atoms with Crippen LogP contribution in [0.4, 0.5) is 0 Å². The van der Waals surface area contributed by atoms with Crippen molar-refractivity contribution in [3.8, 4) is 5.82 Å². The number of guanidine groups is 1. The standard InChI is InChI=1S/C24H32N6/c1-6-25-23(28-17-24(4,5)21-10-8-7-9-11-21)27-16-20-12-13-22(26-15-20)30-19(3)14-18(2)29-30/h7-15H,6,16-17H2,1-5H3,(H2,25,27,28). The molecule has 158 valence electrons. The second-order valence-corrected chi connectivity index (χ2v) is 8.16. The van der Waals surface area contributed by atoms with Gasteiger partial charge >= 0.3 is 0 Å². The molecule has 6 nitrogen and oxygen atoms in total. The molecule has 0 atom stereocenters. The predicted molar refractivity (Wildman–Crippen MR) is 123 cm³/mol. The Hall–Kier alpha value is -3.15. The van der Waals surface area contributed by atoms with E-state index in [1.165, 1.54) is 5.56 Å². The van der Waals surface area contributed by atoms with Crippen molar-refractivity contribution in [1.29, 1.82) is 0 Å². The summed E-state index contributed by atoms with van der Waals surface area (Å²) in [5.74, 6) is 1.63. The highest BCUT2D eigenvalue weighted by Gasteiger charge is 2.20. The van der Waals surface area contributed by atoms with Crippen LogP contribution in [0.5, 0.6) is 0 Å². The first-order chi connectivity index (χ1) is 14.4. The van der Waals surface area contributed by atoms with Gasteiger partial charge in [0.2, 0.25) is 0 Å². The highest BCUT2D eigenvalue weighted by atomic mass is 15.3. The smallest absolute Gasteiger partial charge is 0.191 e. The Bertz CT molecular complexity index is 971. The molecule has 2 heterocycles. The minimum atomic E-state index is 0.000407. The van der Waals surface area contributed by atoms with E-state index in [0.717, 1.165) is 41.8 Å². The Morgan fingerprint density at radius 3 is 2.43 bits per heavy atom. The van der Waals surface area contributed by atoms with Gasteiger partial charge in [0.05, 0.1) is 12.2 Å². The fourth-order valence-electron chi connectivity index (χ4n) is 3.30. The van der Waals surface area contributed by atoms with Gasteiger partial charge in [-0.05, 0) is 44.0 Å². The number of nitrogens with one attached hydrogen (secondary N) is 2. The number of aromatic nitrogens is 3. The number of benzene rings is 1. The summed E-state index contributed by atoms with van der Waals surface area (Å²) in [6.07, 6.45) is 1.87. The van der Waals surface area contributed by atoms with Crippen molar-refractivity contribution in [2.45, 2.75) is 46.6 Å². The van der Waals surface area contributed by atoms with Crippen LogP contribution in [0.3, 0.4) is 0 Å². The van der Waals surface area contributed by atoms with E-state index in [4.69, 9.17) is 4.99 Å². The maximum absolute atomic E-state index is 4.74. The zero-order valence-corrected chi connectivity index (χ0v) is 18.6. The van der Waals surface area contributed by atoms with Gasteiger partial charge in [0.25, 0.3) is 0 Å². The van der Waals surface area contributed by atoms with Gasteiger partial charge < -0.3 is 10.6 Å². The van der Waals surface area contributed by atoms with E-state index in [2.05, 4.69) is 71.8 Å². The summed E-state index contributed by atoms with van der Waals surface area (Å²) in [6.45, 7) is 12.7. The number of hydrogen-bond donors (Lipinski definition) is 2. The van der Waals surface area contributed by atoms with Gasteiger partial charge in [0, 0.05) is 30.4 Å². The average molecular weight is 405 g/mol. The van der Waals surface area contributed by atoms with Gasteiger partial charge in [-0.3, -0.25) is 0 Å². The molecule has 0 saturated carbocycles. The van der Waals surface area contributed by atoms with Gasteiger partial charge in [-0.15, -0.1) is 0 Å². The molecule has 3 rings (SSSR count). The van der Waals surface area contributed by atoms with Gasteiger partial charge in [-0.25, -0.2) is 14.7 Å². The topological polar surface area (TPSA) is 67.1 Å². The van der Waals surface area contributed by atoms with Gasteiger partial charge in [-0.1, -0.05) is 50.2 Å². The molecule has 0 fully saturated rings. The van der Waals surface area contributed by atoms with Crippen molar-refractivity contribution in [2.75, 3.05) is 13.1 Å². The van der Waals surface area contributed by atoms with Crippen LogP contribution in [0.25, 0.3) is 5.82 Å². The molecule has 6 heteroatoms. The highest BCUT2D eigenvalue weighted by molar-refractivity contribution is 5.79. The fourth-order valence-corrected chi connectivity index (χ4v) is 3.30. The zero-order chi connectivity index (χ0) is 21.6. The second kappa shape index (κ2) is 9.57. The van der Waals surface area contributed by atoms with Crippen molar-refractivity contribution < 1.29 is 0 Å². The number of hydrogen-bond acceptors (Lipinski definition) is 3. The molecule has 0 amide bonds. The number of pyridine rings is 1. The molecular weight excluding hydrogens is 372 g/mol. The number of rotatable bonds is 7. The quantitative estimate of drug-likeness (QED) is 0.463. The lowest BCUT2D eigenvalue weighted by Crippen LogP contribution is -2.43. The number of aliphatic imine (C=N–C) groups is 1. The Balaban J connectivity index is 1.65. The van der Waals surface area contributed by atoms with E-state index in [1.807, 2.05) is 42.9 Å². The summed E-state index contributed by atoms with van der Waals surface area (Å²) >= 11 is 0. The summed E-state index contributed by atoms with van der Waals surface area (Å²) in [4.78, 5) is 9.30. The highest BCUT2D eigenvalue weighted by Crippen LogP contribution is 2.21. The van der Waals surface area contributed by atoms with Gasteiger partial charge in [0.15, 0.2) is 11.8 Å². The largest absolute Gasteiger partial charge is 0.357 e. The van der Waals surface area contributed by atoms with Crippen LogP contribution in [0.2, 0.25) is 0 Å². The van der Waals surface area contributed by atoms with Crippen LogP contribution in [0.15, 0.2) is 59.7 Å². The number of nitrogens with zero attached hydrogens (tertiary/aromatic N) is 4. The lowest BCUT2D eigenvalue weighted by molar-refractivity contribution is 0.508. The molecule has 0 saturated heterocycles. The van der Waals surface area contributed by atoms with Crippen LogP contribution in [-0.2, 0) is 12.0 Å². The Morgan fingerprint density at radius 1 is 1.07 bits per heavy atom. The minimum absolute atomic E-state index is 0.000407. The summed E-state index contributed by atoms with van der Waals surface area (Å²) < 4.78 is 1.86. The summed E-state index contributed by atoms with van der Waals surface area (Å²) in [7, 11) is 0. The summed E-state index contributed by atoms with van der Waals surface area (Å²) in [6, 6.07) is 16.6. The van der Waals surface area contributed by atoms with E-state index in [-0.39, 0.29) is 5.41 Å². The average Bonchev–Trinajstić information content (AvgIpc) is 3.09. The maximum atomic E-state index is 4.74. The monoisotopic (exact) mass is 404 g/mol. The normalized spacial score (nSPS) is 12.1.